The number of hydrogen-bond donors (Lipinski definition) is 0. The highest BCUT2D eigenvalue weighted by Crippen LogP contribution is 2.43. The van der Waals surface area contributed by atoms with Gasteiger partial charge in [0.1, 0.15) is 0 Å². The molecular formula is C38H25N2OP. The van der Waals surface area contributed by atoms with Crippen molar-refractivity contribution in [1.82, 2.24) is 9.97 Å². The van der Waals surface area contributed by atoms with Crippen LogP contribution >= 0.6 is 7.14 Å². The zero-order valence-electron chi connectivity index (χ0n) is 22.7. The van der Waals surface area contributed by atoms with Crippen LogP contribution in [-0.4, -0.2) is 9.97 Å². The molecule has 0 saturated heterocycles. The summed E-state index contributed by atoms with van der Waals surface area (Å²) in [6, 6.07) is 48.7. The Morgan fingerprint density at radius 3 is 1.76 bits per heavy atom. The lowest BCUT2D eigenvalue weighted by Crippen LogP contribution is -2.24. The summed E-state index contributed by atoms with van der Waals surface area (Å²) in [7, 11) is -3.06. The molecule has 0 amide bonds. The van der Waals surface area contributed by atoms with E-state index in [1.54, 1.807) is 0 Å². The summed E-state index contributed by atoms with van der Waals surface area (Å²) >= 11 is 0. The van der Waals surface area contributed by atoms with Crippen molar-refractivity contribution in [3.8, 4) is 11.3 Å². The second kappa shape index (κ2) is 9.76. The molecule has 0 N–H and O–H groups in total. The molecule has 6 aromatic carbocycles. The first-order valence-corrected chi connectivity index (χ1v) is 15.7. The number of nitrogens with zero attached hydrogens (tertiary/aromatic N) is 2. The average molecular weight is 557 g/mol. The van der Waals surface area contributed by atoms with Gasteiger partial charge in [-0.2, -0.15) is 0 Å². The van der Waals surface area contributed by atoms with Crippen LogP contribution in [0.3, 0.4) is 0 Å². The topological polar surface area (TPSA) is 42.9 Å². The third kappa shape index (κ3) is 3.79. The van der Waals surface area contributed by atoms with Gasteiger partial charge in [0, 0.05) is 54.6 Å². The second-order valence-corrected chi connectivity index (χ2v) is 13.3. The highest BCUT2D eigenvalue weighted by Gasteiger charge is 2.29. The summed E-state index contributed by atoms with van der Waals surface area (Å²) in [5.41, 5.74) is 3.78. The van der Waals surface area contributed by atoms with E-state index < -0.39 is 7.14 Å². The van der Waals surface area contributed by atoms with Gasteiger partial charge in [-0.05, 0) is 23.6 Å². The van der Waals surface area contributed by atoms with E-state index in [9.17, 15) is 4.57 Å². The minimum Gasteiger partial charge on any atom is -0.309 e. The fraction of sp³-hybridized carbons (Fsp3) is 0. The molecule has 0 aliphatic heterocycles. The van der Waals surface area contributed by atoms with E-state index >= 15 is 0 Å². The summed E-state index contributed by atoms with van der Waals surface area (Å²) < 4.78 is 14.9. The van der Waals surface area contributed by atoms with Crippen molar-refractivity contribution >= 4 is 66.4 Å². The third-order valence-electron chi connectivity index (χ3n) is 8.16. The lowest BCUT2D eigenvalue weighted by atomic mass is 9.94. The highest BCUT2D eigenvalue weighted by atomic mass is 31.2. The van der Waals surface area contributed by atoms with E-state index in [2.05, 4.69) is 66.7 Å². The molecule has 8 rings (SSSR count). The van der Waals surface area contributed by atoms with E-state index in [-0.39, 0.29) is 0 Å². The molecule has 0 atom stereocenters. The van der Waals surface area contributed by atoms with E-state index in [4.69, 9.17) is 9.97 Å². The van der Waals surface area contributed by atoms with Crippen molar-refractivity contribution in [2.75, 3.05) is 0 Å². The fourth-order valence-electron chi connectivity index (χ4n) is 6.16. The number of pyridine rings is 2. The summed E-state index contributed by atoms with van der Waals surface area (Å²) in [5.74, 6) is 0. The maximum atomic E-state index is 14.9. The van der Waals surface area contributed by atoms with Crippen LogP contribution in [0.2, 0.25) is 0 Å². The molecule has 0 bridgehead atoms. The van der Waals surface area contributed by atoms with Crippen LogP contribution < -0.4 is 15.9 Å². The van der Waals surface area contributed by atoms with Gasteiger partial charge >= 0.3 is 0 Å². The van der Waals surface area contributed by atoms with Crippen molar-refractivity contribution < 1.29 is 4.57 Å². The van der Waals surface area contributed by atoms with Gasteiger partial charge in [0.15, 0.2) is 7.14 Å². The van der Waals surface area contributed by atoms with Gasteiger partial charge < -0.3 is 4.57 Å². The smallest absolute Gasteiger partial charge is 0.171 e. The summed E-state index contributed by atoms with van der Waals surface area (Å²) in [6.45, 7) is 0. The molecule has 0 unspecified atom stereocenters. The van der Waals surface area contributed by atoms with E-state index in [1.807, 2.05) is 85.1 Å². The van der Waals surface area contributed by atoms with Crippen LogP contribution in [0.5, 0.6) is 0 Å². The number of para-hydroxylation sites is 1. The van der Waals surface area contributed by atoms with Crippen LogP contribution in [-0.2, 0) is 4.57 Å². The molecule has 0 radical (unpaired) electrons. The molecule has 0 aliphatic carbocycles. The van der Waals surface area contributed by atoms with Crippen LogP contribution in [0.25, 0.3) is 54.6 Å². The van der Waals surface area contributed by atoms with Crippen LogP contribution in [0.1, 0.15) is 0 Å². The Morgan fingerprint density at radius 1 is 0.452 bits per heavy atom. The van der Waals surface area contributed by atoms with E-state index in [0.29, 0.717) is 0 Å². The van der Waals surface area contributed by atoms with Gasteiger partial charge in [0.25, 0.3) is 0 Å². The summed E-state index contributed by atoms with van der Waals surface area (Å²) in [5, 5.41) is 9.21. The Labute approximate surface area is 243 Å². The lowest BCUT2D eigenvalue weighted by molar-refractivity contribution is 0.592. The average Bonchev–Trinajstić information content (AvgIpc) is 3.08. The van der Waals surface area contributed by atoms with Crippen molar-refractivity contribution in [2.45, 2.75) is 0 Å². The molecule has 4 heteroatoms. The normalized spacial score (nSPS) is 11.9. The fourth-order valence-corrected chi connectivity index (χ4v) is 8.81. The molecule has 2 heterocycles. The van der Waals surface area contributed by atoms with Crippen LogP contribution in [0.15, 0.2) is 152 Å². The minimum atomic E-state index is -3.06. The second-order valence-electron chi connectivity index (χ2n) is 10.5. The Kier molecular flexibility index (Phi) is 5.73. The Balaban J connectivity index is 1.38. The van der Waals surface area contributed by atoms with Crippen LogP contribution in [0.4, 0.5) is 0 Å². The van der Waals surface area contributed by atoms with Gasteiger partial charge in [-0.25, -0.2) is 4.98 Å². The largest absolute Gasteiger partial charge is 0.309 e. The van der Waals surface area contributed by atoms with Gasteiger partial charge in [0.05, 0.1) is 16.7 Å². The number of hydrogen-bond acceptors (Lipinski definition) is 3. The first-order valence-electron chi connectivity index (χ1n) is 14.0. The Morgan fingerprint density at radius 2 is 1.05 bits per heavy atom. The zero-order valence-corrected chi connectivity index (χ0v) is 23.6. The monoisotopic (exact) mass is 556 g/mol. The van der Waals surface area contributed by atoms with Crippen molar-refractivity contribution in [3.05, 3.63) is 152 Å². The molecule has 42 heavy (non-hydrogen) atoms. The SMILES string of the molecule is O=P(c1ccccc1)(c1ccccc1)c1ccc(-c2nc3ccccc3c3c2ccc2ncc4ccccc4c23)cc1. The van der Waals surface area contributed by atoms with Gasteiger partial charge in [-0.15, -0.1) is 0 Å². The summed E-state index contributed by atoms with van der Waals surface area (Å²) in [6.07, 6.45) is 1.95. The number of rotatable bonds is 4. The zero-order chi connectivity index (χ0) is 28.1. The van der Waals surface area contributed by atoms with Crippen LogP contribution in [0, 0.1) is 0 Å². The molecule has 0 aliphatic rings. The first kappa shape index (κ1) is 24.7. The molecule has 8 aromatic rings. The van der Waals surface area contributed by atoms with Gasteiger partial charge in [-0.1, -0.05) is 127 Å². The third-order valence-corrected chi connectivity index (χ3v) is 11.2. The maximum absolute atomic E-state index is 14.9. The van der Waals surface area contributed by atoms with E-state index in [0.717, 1.165) is 65.1 Å². The van der Waals surface area contributed by atoms with Crippen molar-refractivity contribution in [3.63, 3.8) is 0 Å². The quantitative estimate of drug-likeness (QED) is 0.162. The summed E-state index contributed by atoms with van der Waals surface area (Å²) in [4.78, 5) is 9.99. The van der Waals surface area contributed by atoms with Gasteiger partial charge in [0.2, 0.25) is 0 Å². The first-order chi connectivity index (χ1) is 20.7. The van der Waals surface area contributed by atoms with Crippen molar-refractivity contribution in [1.29, 1.82) is 0 Å². The molecule has 3 nitrogen and oxygen atoms in total. The molecular weight excluding hydrogens is 531 g/mol. The lowest BCUT2D eigenvalue weighted by Gasteiger charge is -2.20. The van der Waals surface area contributed by atoms with E-state index in [1.165, 1.54) is 5.39 Å². The maximum Gasteiger partial charge on any atom is 0.171 e. The predicted octanol–water partition coefficient (Wildman–Crippen LogP) is 8.40. The number of aromatic nitrogens is 2. The molecule has 198 valence electrons. The van der Waals surface area contributed by atoms with Crippen molar-refractivity contribution in [2.24, 2.45) is 0 Å². The molecule has 0 fully saturated rings. The predicted molar refractivity (Wildman–Crippen MR) is 177 cm³/mol. The highest BCUT2D eigenvalue weighted by molar-refractivity contribution is 7.85. The Bertz CT molecular complexity index is 2270. The van der Waals surface area contributed by atoms with Gasteiger partial charge in [-0.3, -0.25) is 4.98 Å². The number of fused-ring (bicyclic) bond motifs is 7. The molecule has 2 aromatic heterocycles. The molecule has 0 saturated carbocycles. The minimum absolute atomic E-state index is 0.800. The molecule has 0 spiro atoms. The Hall–Kier alpha value is -5.11. The standard InChI is InChI=1S/C38H25N2OP/c41-42(28-12-3-1-4-13-28,29-14-5-2-6-15-29)30-21-19-26(20-22-30)38-33-23-24-35-37(31-16-8-7-11-27(31)25-39-35)36(33)32-17-9-10-18-34(32)40-38/h1-25H. The number of benzene rings is 6.